The van der Waals surface area contributed by atoms with Gasteiger partial charge in [0.05, 0.1) is 16.8 Å². The minimum Gasteiger partial charge on any atom is -0.421 e. The fourth-order valence-electron chi connectivity index (χ4n) is 4.97. The van der Waals surface area contributed by atoms with Crippen molar-refractivity contribution in [2.24, 2.45) is 7.05 Å². The molecule has 40 heavy (non-hydrogen) atoms. The van der Waals surface area contributed by atoms with Gasteiger partial charge in [-0.2, -0.15) is 0 Å². The monoisotopic (exact) mass is 539 g/mol. The van der Waals surface area contributed by atoms with Crippen LogP contribution < -0.4 is 15.4 Å². The van der Waals surface area contributed by atoms with Crippen LogP contribution in [-0.2, 0) is 18.3 Å². The van der Waals surface area contributed by atoms with Crippen molar-refractivity contribution in [3.63, 3.8) is 0 Å². The Morgan fingerprint density at radius 3 is 2.80 bits per heavy atom. The Labute approximate surface area is 227 Å². The third-order valence-corrected chi connectivity index (χ3v) is 6.77. The van der Waals surface area contributed by atoms with Crippen molar-refractivity contribution in [2.45, 2.75) is 13.3 Å². The average molecular weight is 540 g/mol. The molecule has 0 saturated heterocycles. The summed E-state index contributed by atoms with van der Waals surface area (Å²) in [5.41, 5.74) is 4.09. The van der Waals surface area contributed by atoms with Crippen LogP contribution in [0.15, 0.2) is 61.6 Å². The molecule has 0 aliphatic carbocycles. The van der Waals surface area contributed by atoms with Crippen LogP contribution in [-0.4, -0.2) is 37.0 Å². The van der Waals surface area contributed by atoms with Crippen molar-refractivity contribution in [3.8, 4) is 34.1 Å². The summed E-state index contributed by atoms with van der Waals surface area (Å²) < 4.78 is 38.8. The van der Waals surface area contributed by atoms with Gasteiger partial charge in [0.1, 0.15) is 23.6 Å². The summed E-state index contributed by atoms with van der Waals surface area (Å²) in [4.78, 5) is 28.9. The van der Waals surface area contributed by atoms with E-state index in [2.05, 4.69) is 37.1 Å². The smallest absolute Gasteiger partial charge is 0.322 e. The van der Waals surface area contributed by atoms with Crippen molar-refractivity contribution in [1.82, 2.24) is 24.5 Å². The molecule has 4 heterocycles. The second-order valence-corrected chi connectivity index (χ2v) is 9.25. The average Bonchev–Trinajstić information content (AvgIpc) is 3.23. The number of carbonyl (C=O) groups is 1. The van der Waals surface area contributed by atoms with E-state index < -0.39 is 17.5 Å². The van der Waals surface area contributed by atoms with Gasteiger partial charge in [-0.3, -0.25) is 4.79 Å². The normalized spacial score (nSPS) is 12.2. The van der Waals surface area contributed by atoms with Gasteiger partial charge in [0.15, 0.2) is 11.6 Å². The maximum Gasteiger partial charge on any atom is 0.322 e. The topological polar surface area (TPSA) is 107 Å². The number of rotatable bonds is 5. The van der Waals surface area contributed by atoms with Crippen molar-refractivity contribution >= 4 is 28.4 Å². The molecule has 0 radical (unpaired) electrons. The molecule has 200 valence electrons. The number of nitrogens with one attached hydrogen (secondary N) is 2. The van der Waals surface area contributed by atoms with Crippen LogP contribution in [0, 0.1) is 18.6 Å². The molecule has 0 spiro atoms. The molecular weight excluding hydrogens is 516 g/mol. The van der Waals surface area contributed by atoms with Crippen LogP contribution >= 0.6 is 0 Å². The molecule has 1 amide bonds. The lowest BCUT2D eigenvalue weighted by atomic mass is 9.91. The fraction of sp³-hybridized carbons (Fsp3) is 0.138. The summed E-state index contributed by atoms with van der Waals surface area (Å²) in [6.07, 6.45) is 4.39. The standard InChI is InChI=1S/C29H23F2N7O2/c1-4-22(39)37-20-7-5-16(13-19(20)30)26-23-17-6-8-21(40-29-33-11-9-15(2)36-29)25(31)18(17)10-12-32-27-24(23)28(38(26)3)35-14-34-27/h4-9,11,13-14H,1,10,12H2,2-3H3,(H,37,39)(H,32,34,35). The second-order valence-electron chi connectivity index (χ2n) is 9.25. The molecule has 9 nitrogen and oxygen atoms in total. The molecule has 5 aromatic rings. The van der Waals surface area contributed by atoms with Crippen LogP contribution in [0.5, 0.6) is 11.8 Å². The second kappa shape index (κ2) is 9.84. The maximum absolute atomic E-state index is 16.1. The summed E-state index contributed by atoms with van der Waals surface area (Å²) in [6.45, 7) is 5.61. The number of hydrogen-bond donors (Lipinski definition) is 2. The SMILES string of the molecule is C=CC(=O)Nc1ccc(-c2c3c4c(ncnc4n2C)NCCc2c-3ccc(Oc3nccc(C)n3)c2F)cc1F. The van der Waals surface area contributed by atoms with E-state index in [1.165, 1.54) is 24.5 Å². The highest BCUT2D eigenvalue weighted by Crippen LogP contribution is 2.46. The van der Waals surface area contributed by atoms with Gasteiger partial charge in [-0.05, 0) is 49.2 Å². The minimum atomic E-state index is -0.631. The van der Waals surface area contributed by atoms with Crippen molar-refractivity contribution in [1.29, 1.82) is 0 Å². The number of ether oxygens (including phenoxy) is 1. The van der Waals surface area contributed by atoms with E-state index in [1.807, 2.05) is 11.6 Å². The Morgan fingerprint density at radius 1 is 1.18 bits per heavy atom. The van der Waals surface area contributed by atoms with Gasteiger partial charge in [-0.1, -0.05) is 18.7 Å². The molecule has 11 heteroatoms. The molecular formula is C29H23F2N7O2. The molecule has 0 unspecified atom stereocenters. The number of anilines is 2. The van der Waals surface area contributed by atoms with Gasteiger partial charge < -0.3 is 19.9 Å². The Morgan fingerprint density at radius 2 is 2.02 bits per heavy atom. The minimum absolute atomic E-state index is 0.00320. The molecule has 2 N–H and O–H groups in total. The van der Waals surface area contributed by atoms with Crippen LogP contribution in [0.3, 0.4) is 0 Å². The number of halogens is 2. The molecule has 0 fully saturated rings. The zero-order valence-corrected chi connectivity index (χ0v) is 21.6. The van der Waals surface area contributed by atoms with E-state index in [4.69, 9.17) is 4.74 Å². The van der Waals surface area contributed by atoms with Gasteiger partial charge in [0, 0.05) is 42.2 Å². The van der Waals surface area contributed by atoms with E-state index >= 15 is 8.78 Å². The van der Waals surface area contributed by atoms with Crippen LogP contribution in [0.25, 0.3) is 33.4 Å². The number of hydrogen-bond acceptors (Lipinski definition) is 7. The first-order valence-electron chi connectivity index (χ1n) is 12.5. The molecule has 0 bridgehead atoms. The summed E-state index contributed by atoms with van der Waals surface area (Å²) in [7, 11) is 1.81. The van der Waals surface area contributed by atoms with Gasteiger partial charge in [-0.15, -0.1) is 0 Å². The lowest BCUT2D eigenvalue weighted by molar-refractivity contribution is -0.111. The summed E-state index contributed by atoms with van der Waals surface area (Å²) in [5, 5.41) is 6.42. The van der Waals surface area contributed by atoms with Crippen LogP contribution in [0.4, 0.5) is 20.3 Å². The van der Waals surface area contributed by atoms with E-state index in [0.29, 0.717) is 63.5 Å². The molecule has 3 aromatic heterocycles. The highest BCUT2D eigenvalue weighted by atomic mass is 19.1. The van der Waals surface area contributed by atoms with Gasteiger partial charge in [0.2, 0.25) is 5.91 Å². The van der Waals surface area contributed by atoms with E-state index in [-0.39, 0.29) is 17.4 Å². The quantitative estimate of drug-likeness (QED) is 0.282. The lowest BCUT2D eigenvalue weighted by Crippen LogP contribution is -2.12. The molecule has 6 rings (SSSR count). The molecule has 1 aliphatic rings. The van der Waals surface area contributed by atoms with E-state index in [1.54, 1.807) is 31.3 Å². The number of aromatic nitrogens is 5. The highest BCUT2D eigenvalue weighted by molar-refractivity contribution is 6.09. The molecule has 0 saturated carbocycles. The van der Waals surface area contributed by atoms with Crippen molar-refractivity contribution < 1.29 is 18.3 Å². The number of benzene rings is 2. The summed E-state index contributed by atoms with van der Waals surface area (Å²) >= 11 is 0. The van der Waals surface area contributed by atoms with E-state index in [9.17, 15) is 4.79 Å². The van der Waals surface area contributed by atoms with Crippen LogP contribution in [0.2, 0.25) is 0 Å². The van der Waals surface area contributed by atoms with E-state index in [0.717, 1.165) is 6.08 Å². The summed E-state index contributed by atoms with van der Waals surface area (Å²) in [5.74, 6) is -1.10. The fourth-order valence-corrected chi connectivity index (χ4v) is 4.97. The number of fused-ring (bicyclic) bond motifs is 2. The molecule has 2 aromatic carbocycles. The first-order chi connectivity index (χ1) is 19.4. The number of carbonyl (C=O) groups excluding carboxylic acids is 1. The Balaban J connectivity index is 1.56. The molecule has 1 aliphatic heterocycles. The number of amides is 1. The van der Waals surface area contributed by atoms with Crippen LogP contribution in [0.1, 0.15) is 11.3 Å². The third kappa shape index (κ3) is 4.21. The van der Waals surface area contributed by atoms with Gasteiger partial charge >= 0.3 is 6.01 Å². The number of nitrogens with zero attached hydrogens (tertiary/aromatic N) is 5. The largest absolute Gasteiger partial charge is 0.421 e. The Hall–Kier alpha value is -5.19. The zero-order valence-electron chi connectivity index (χ0n) is 21.6. The molecule has 0 atom stereocenters. The van der Waals surface area contributed by atoms with Gasteiger partial charge in [0.25, 0.3) is 0 Å². The Kier molecular flexibility index (Phi) is 6.18. The third-order valence-electron chi connectivity index (χ3n) is 6.77. The van der Waals surface area contributed by atoms with Crippen molar-refractivity contribution in [2.75, 3.05) is 17.2 Å². The zero-order chi connectivity index (χ0) is 28.0. The van der Waals surface area contributed by atoms with Gasteiger partial charge in [-0.25, -0.2) is 28.7 Å². The predicted molar refractivity (Wildman–Crippen MR) is 147 cm³/mol. The highest BCUT2D eigenvalue weighted by Gasteiger charge is 2.28. The van der Waals surface area contributed by atoms with Crippen molar-refractivity contribution in [3.05, 3.63) is 84.5 Å². The first-order valence-corrected chi connectivity index (χ1v) is 12.5. The first kappa shape index (κ1) is 25.1. The Bertz CT molecular complexity index is 1830. The lowest BCUT2D eigenvalue weighted by Gasteiger charge is -2.19. The summed E-state index contributed by atoms with van der Waals surface area (Å²) in [6, 6.07) is 9.57. The number of aryl methyl sites for hydroxylation is 2. The predicted octanol–water partition coefficient (Wildman–Crippen LogP) is 5.56. The maximum atomic E-state index is 16.1.